The van der Waals surface area contributed by atoms with Gasteiger partial charge in [-0.3, -0.25) is 4.79 Å². The molecule has 4 aromatic rings. The van der Waals surface area contributed by atoms with Gasteiger partial charge in [0.05, 0.1) is 19.0 Å². The molecule has 0 saturated heterocycles. The van der Waals surface area contributed by atoms with Gasteiger partial charge in [0, 0.05) is 17.8 Å². The van der Waals surface area contributed by atoms with Crippen molar-refractivity contribution >= 4 is 34.7 Å². The predicted octanol–water partition coefficient (Wildman–Crippen LogP) is 2.42. The van der Waals surface area contributed by atoms with E-state index < -0.39 is 5.91 Å². The van der Waals surface area contributed by atoms with E-state index in [-0.39, 0.29) is 5.28 Å². The summed E-state index contributed by atoms with van der Waals surface area (Å²) in [6, 6.07) is 8.70. The molecule has 0 saturated carbocycles. The van der Waals surface area contributed by atoms with E-state index in [0.717, 1.165) is 5.52 Å². The number of carbonyl (C=O) groups is 1. The number of benzene rings is 1. The van der Waals surface area contributed by atoms with E-state index in [1.165, 1.54) is 7.11 Å². The lowest BCUT2D eigenvalue weighted by Crippen LogP contribution is -2.11. The number of anilines is 2. The largest absolute Gasteiger partial charge is 0.497 e. The van der Waals surface area contributed by atoms with Crippen molar-refractivity contribution in [3.8, 4) is 11.4 Å². The Morgan fingerprint density at radius 1 is 1.33 bits per heavy atom. The van der Waals surface area contributed by atoms with E-state index in [0.29, 0.717) is 28.6 Å². The number of carbonyl (C=O) groups excluding carboxylic acids is 1. The fourth-order valence-electron chi connectivity index (χ4n) is 2.64. The normalized spacial score (nSPS) is 10.9. The number of halogens is 1. The first-order valence-electron chi connectivity index (χ1n) is 7.84. The zero-order valence-corrected chi connectivity index (χ0v) is 14.9. The van der Waals surface area contributed by atoms with Crippen molar-refractivity contribution in [2.75, 3.05) is 12.4 Å². The van der Waals surface area contributed by atoms with Gasteiger partial charge in [-0.05, 0) is 35.9 Å². The summed E-state index contributed by atoms with van der Waals surface area (Å²) in [6.07, 6.45) is 5.11. The number of aromatic nitrogens is 5. The van der Waals surface area contributed by atoms with Crippen molar-refractivity contribution in [1.29, 1.82) is 0 Å². The number of imidazole rings is 1. The van der Waals surface area contributed by atoms with Gasteiger partial charge in [0.1, 0.15) is 23.4 Å². The molecule has 3 N–H and O–H groups in total. The third kappa shape index (κ3) is 3.27. The lowest BCUT2D eigenvalue weighted by atomic mass is 10.1. The molecule has 4 rings (SSSR count). The number of hydrogen-bond donors (Lipinski definition) is 2. The van der Waals surface area contributed by atoms with Crippen molar-refractivity contribution in [2.45, 2.75) is 0 Å². The molecule has 0 radical (unpaired) electrons. The SMILES string of the molecule is COc1cc(C(N)=O)cc(-n2cnc(Nc3nc(Cl)nn4cccc34)c2)c1. The molecule has 1 amide bonds. The Bertz CT molecular complexity index is 1150. The highest BCUT2D eigenvalue weighted by atomic mass is 35.5. The van der Waals surface area contributed by atoms with Crippen molar-refractivity contribution < 1.29 is 9.53 Å². The lowest BCUT2D eigenvalue weighted by Gasteiger charge is -2.08. The highest BCUT2D eigenvalue weighted by Gasteiger charge is 2.11. The number of nitrogens with zero attached hydrogens (tertiary/aromatic N) is 5. The van der Waals surface area contributed by atoms with Crippen LogP contribution in [0.5, 0.6) is 5.75 Å². The Morgan fingerprint density at radius 2 is 2.19 bits per heavy atom. The van der Waals surface area contributed by atoms with Crippen LogP contribution >= 0.6 is 11.6 Å². The smallest absolute Gasteiger partial charge is 0.248 e. The number of ether oxygens (including phenoxy) is 1. The Hall–Kier alpha value is -3.59. The third-order valence-electron chi connectivity index (χ3n) is 3.90. The second kappa shape index (κ2) is 6.61. The molecule has 9 nitrogen and oxygen atoms in total. The maximum atomic E-state index is 11.5. The maximum absolute atomic E-state index is 11.5. The standard InChI is InChI=1S/C17H14ClN7O2/c1-27-12-6-10(15(19)26)5-11(7-12)24-8-14(20-9-24)21-16-13-3-2-4-25(13)23-17(18)22-16/h2-9H,1H3,(H2,19,26)(H,21,22,23). The molecule has 0 bridgehead atoms. The van der Waals surface area contributed by atoms with Crippen LogP contribution in [-0.4, -0.2) is 37.2 Å². The fourth-order valence-corrected chi connectivity index (χ4v) is 2.81. The average Bonchev–Trinajstić information content (AvgIpc) is 3.30. The summed E-state index contributed by atoms with van der Waals surface area (Å²) in [6.45, 7) is 0. The van der Waals surface area contributed by atoms with E-state index in [9.17, 15) is 4.79 Å². The minimum Gasteiger partial charge on any atom is -0.497 e. The molecule has 0 fully saturated rings. The molecule has 3 aromatic heterocycles. The summed E-state index contributed by atoms with van der Waals surface area (Å²) in [7, 11) is 1.52. The third-order valence-corrected chi connectivity index (χ3v) is 4.06. The zero-order chi connectivity index (χ0) is 19.0. The number of methoxy groups -OCH3 is 1. The molecule has 0 aliphatic heterocycles. The van der Waals surface area contributed by atoms with Crippen molar-refractivity contribution in [2.24, 2.45) is 5.73 Å². The maximum Gasteiger partial charge on any atom is 0.248 e. The summed E-state index contributed by atoms with van der Waals surface area (Å²) in [4.78, 5) is 20.1. The highest BCUT2D eigenvalue weighted by Crippen LogP contribution is 2.23. The number of rotatable bonds is 5. The van der Waals surface area contributed by atoms with E-state index in [1.54, 1.807) is 46.0 Å². The second-order valence-corrected chi connectivity index (χ2v) is 5.98. The van der Waals surface area contributed by atoms with Crippen LogP contribution in [0.25, 0.3) is 11.2 Å². The van der Waals surface area contributed by atoms with Crippen LogP contribution < -0.4 is 15.8 Å². The van der Waals surface area contributed by atoms with Gasteiger partial charge in [0.2, 0.25) is 11.2 Å². The lowest BCUT2D eigenvalue weighted by molar-refractivity contribution is 0.1000. The van der Waals surface area contributed by atoms with Gasteiger partial charge in [0.25, 0.3) is 0 Å². The number of fused-ring (bicyclic) bond motifs is 1. The fraction of sp³-hybridized carbons (Fsp3) is 0.0588. The molecule has 0 spiro atoms. The second-order valence-electron chi connectivity index (χ2n) is 5.64. The van der Waals surface area contributed by atoms with Crippen molar-refractivity contribution in [3.05, 3.63) is 59.9 Å². The van der Waals surface area contributed by atoms with E-state index in [1.807, 2.05) is 12.1 Å². The summed E-state index contributed by atoms with van der Waals surface area (Å²) in [5.41, 5.74) is 7.16. The van der Waals surface area contributed by atoms with Crippen LogP contribution in [0.15, 0.2) is 49.1 Å². The predicted molar refractivity (Wildman–Crippen MR) is 99.9 cm³/mol. The van der Waals surface area contributed by atoms with Gasteiger partial charge in [-0.2, -0.15) is 4.98 Å². The minimum atomic E-state index is -0.542. The summed E-state index contributed by atoms with van der Waals surface area (Å²) < 4.78 is 8.58. The molecule has 0 aliphatic rings. The molecule has 1 aromatic carbocycles. The van der Waals surface area contributed by atoms with Gasteiger partial charge >= 0.3 is 0 Å². The molecule has 27 heavy (non-hydrogen) atoms. The van der Waals surface area contributed by atoms with Crippen LogP contribution in [0.2, 0.25) is 5.28 Å². The van der Waals surface area contributed by atoms with Crippen molar-refractivity contribution in [3.63, 3.8) is 0 Å². The molecule has 3 heterocycles. The van der Waals surface area contributed by atoms with Gasteiger partial charge in [0.15, 0.2) is 5.82 Å². The minimum absolute atomic E-state index is 0.111. The number of nitrogens with one attached hydrogen (secondary N) is 1. The molecule has 10 heteroatoms. The van der Waals surface area contributed by atoms with Gasteiger partial charge < -0.3 is 20.4 Å². The summed E-state index contributed by atoms with van der Waals surface area (Å²) in [5.74, 6) is 1.03. The number of hydrogen-bond acceptors (Lipinski definition) is 6. The van der Waals surface area contributed by atoms with E-state index in [2.05, 4.69) is 20.4 Å². The van der Waals surface area contributed by atoms with Gasteiger partial charge in [-0.15, -0.1) is 5.10 Å². The zero-order valence-electron chi connectivity index (χ0n) is 14.1. The quantitative estimate of drug-likeness (QED) is 0.547. The van der Waals surface area contributed by atoms with Crippen LogP contribution in [0.4, 0.5) is 11.6 Å². The van der Waals surface area contributed by atoms with Crippen LogP contribution in [-0.2, 0) is 0 Å². The Labute approximate surface area is 158 Å². The van der Waals surface area contributed by atoms with Crippen molar-refractivity contribution in [1.82, 2.24) is 24.1 Å². The first-order chi connectivity index (χ1) is 13.0. The first-order valence-corrected chi connectivity index (χ1v) is 8.22. The Balaban J connectivity index is 1.69. The van der Waals surface area contributed by atoms with Crippen LogP contribution in [0.1, 0.15) is 10.4 Å². The number of amides is 1. The highest BCUT2D eigenvalue weighted by molar-refractivity contribution is 6.28. The van der Waals surface area contributed by atoms with E-state index in [4.69, 9.17) is 22.1 Å². The van der Waals surface area contributed by atoms with Gasteiger partial charge in [-0.1, -0.05) is 0 Å². The monoisotopic (exact) mass is 383 g/mol. The molecular weight excluding hydrogens is 370 g/mol. The molecule has 136 valence electrons. The Kier molecular flexibility index (Phi) is 4.13. The summed E-state index contributed by atoms with van der Waals surface area (Å²) in [5, 5.41) is 7.31. The number of nitrogens with two attached hydrogens (primary N) is 1. The van der Waals surface area contributed by atoms with E-state index >= 15 is 0 Å². The molecule has 0 aliphatic carbocycles. The molecule has 0 unspecified atom stereocenters. The Morgan fingerprint density at radius 3 is 2.96 bits per heavy atom. The topological polar surface area (TPSA) is 112 Å². The summed E-state index contributed by atoms with van der Waals surface area (Å²) >= 11 is 5.96. The average molecular weight is 384 g/mol. The van der Waals surface area contributed by atoms with Crippen LogP contribution in [0.3, 0.4) is 0 Å². The number of primary amides is 1. The van der Waals surface area contributed by atoms with Gasteiger partial charge in [-0.25, -0.2) is 9.50 Å². The molecule has 0 atom stereocenters. The molecular formula is C17H14ClN7O2. The first kappa shape index (κ1) is 16.9. The van der Waals surface area contributed by atoms with Crippen LogP contribution in [0, 0.1) is 0 Å².